The highest BCUT2D eigenvalue weighted by molar-refractivity contribution is 9.10. The molecule has 0 atom stereocenters. The standard InChI is InChI=1S/C17H19BrFNO/c1-12(2)10-20-11-13-3-6-15(7-4-13)21-17-8-5-14(18)9-16(17)19/h3-9,12,20H,10-11H2,1-2H3. The summed E-state index contributed by atoms with van der Waals surface area (Å²) in [5.74, 6) is 1.10. The van der Waals surface area contributed by atoms with Crippen LogP contribution in [-0.4, -0.2) is 6.54 Å². The largest absolute Gasteiger partial charge is 0.454 e. The lowest BCUT2D eigenvalue weighted by Crippen LogP contribution is -2.18. The van der Waals surface area contributed by atoms with Gasteiger partial charge in [-0.15, -0.1) is 0 Å². The number of ether oxygens (including phenoxy) is 1. The van der Waals surface area contributed by atoms with Crippen LogP contribution in [0.2, 0.25) is 0 Å². The van der Waals surface area contributed by atoms with Crippen molar-refractivity contribution in [2.24, 2.45) is 5.92 Å². The van der Waals surface area contributed by atoms with Gasteiger partial charge in [0.05, 0.1) is 0 Å². The van der Waals surface area contributed by atoms with Gasteiger partial charge in [-0.05, 0) is 48.4 Å². The molecular weight excluding hydrogens is 333 g/mol. The van der Waals surface area contributed by atoms with Crippen molar-refractivity contribution in [1.82, 2.24) is 5.32 Å². The molecule has 0 aliphatic rings. The molecule has 0 saturated heterocycles. The molecule has 21 heavy (non-hydrogen) atoms. The Balaban J connectivity index is 1.95. The Hall–Kier alpha value is -1.39. The third kappa shape index (κ3) is 5.14. The van der Waals surface area contributed by atoms with Gasteiger partial charge in [-0.25, -0.2) is 4.39 Å². The number of rotatable bonds is 6. The minimum absolute atomic E-state index is 0.226. The molecule has 0 fully saturated rings. The predicted molar refractivity (Wildman–Crippen MR) is 87.2 cm³/mol. The SMILES string of the molecule is CC(C)CNCc1ccc(Oc2ccc(Br)cc2F)cc1. The Bertz CT molecular complexity index is 584. The Morgan fingerprint density at radius 1 is 1.14 bits per heavy atom. The molecule has 112 valence electrons. The molecule has 0 heterocycles. The fraction of sp³-hybridized carbons (Fsp3) is 0.294. The fourth-order valence-electron chi connectivity index (χ4n) is 1.87. The summed E-state index contributed by atoms with van der Waals surface area (Å²) in [7, 11) is 0. The Labute approximate surface area is 133 Å². The van der Waals surface area contributed by atoms with E-state index in [9.17, 15) is 4.39 Å². The summed E-state index contributed by atoms with van der Waals surface area (Å²) < 4.78 is 19.9. The van der Waals surface area contributed by atoms with Gasteiger partial charge < -0.3 is 10.1 Å². The number of nitrogens with one attached hydrogen (secondary N) is 1. The lowest BCUT2D eigenvalue weighted by atomic mass is 10.2. The molecule has 0 aromatic heterocycles. The van der Waals surface area contributed by atoms with Crippen LogP contribution < -0.4 is 10.1 Å². The topological polar surface area (TPSA) is 21.3 Å². The summed E-state index contributed by atoms with van der Waals surface area (Å²) in [6.45, 7) is 6.17. The molecule has 0 saturated carbocycles. The highest BCUT2D eigenvalue weighted by atomic mass is 79.9. The molecule has 0 radical (unpaired) electrons. The molecule has 2 rings (SSSR count). The maximum absolute atomic E-state index is 13.7. The van der Waals surface area contributed by atoms with Crippen LogP contribution in [0.3, 0.4) is 0 Å². The third-order valence-corrected chi connectivity index (χ3v) is 3.42. The molecule has 0 spiro atoms. The van der Waals surface area contributed by atoms with Gasteiger partial charge in [-0.3, -0.25) is 0 Å². The van der Waals surface area contributed by atoms with Crippen LogP contribution in [-0.2, 0) is 6.54 Å². The zero-order valence-corrected chi connectivity index (χ0v) is 13.8. The molecule has 0 aliphatic heterocycles. The highest BCUT2D eigenvalue weighted by Crippen LogP contribution is 2.26. The van der Waals surface area contributed by atoms with Crippen LogP contribution in [0.1, 0.15) is 19.4 Å². The van der Waals surface area contributed by atoms with E-state index in [-0.39, 0.29) is 11.6 Å². The zero-order chi connectivity index (χ0) is 15.2. The van der Waals surface area contributed by atoms with Crippen LogP contribution in [0.15, 0.2) is 46.9 Å². The van der Waals surface area contributed by atoms with Gasteiger partial charge in [0.1, 0.15) is 5.75 Å². The second kappa shape index (κ2) is 7.57. The average Bonchev–Trinajstić information content (AvgIpc) is 2.43. The van der Waals surface area contributed by atoms with Gasteiger partial charge >= 0.3 is 0 Å². The first kappa shape index (κ1) is 16.0. The Kier molecular flexibility index (Phi) is 5.76. The van der Waals surface area contributed by atoms with Crippen molar-refractivity contribution in [2.75, 3.05) is 6.54 Å². The van der Waals surface area contributed by atoms with Crippen LogP contribution in [0.25, 0.3) is 0 Å². The molecule has 2 aromatic carbocycles. The monoisotopic (exact) mass is 351 g/mol. The van der Waals surface area contributed by atoms with Crippen molar-refractivity contribution in [3.05, 3.63) is 58.3 Å². The molecule has 2 nitrogen and oxygen atoms in total. The van der Waals surface area contributed by atoms with Crippen LogP contribution in [0, 0.1) is 11.7 Å². The molecule has 2 aromatic rings. The van der Waals surface area contributed by atoms with Crippen LogP contribution in [0.4, 0.5) is 4.39 Å². The normalized spacial score (nSPS) is 10.9. The van der Waals surface area contributed by atoms with Crippen molar-refractivity contribution < 1.29 is 9.13 Å². The van der Waals surface area contributed by atoms with Crippen LogP contribution in [0.5, 0.6) is 11.5 Å². The Morgan fingerprint density at radius 3 is 2.48 bits per heavy atom. The molecule has 4 heteroatoms. The van der Waals surface area contributed by atoms with E-state index in [2.05, 4.69) is 35.1 Å². The number of hydrogen-bond acceptors (Lipinski definition) is 2. The molecule has 1 N–H and O–H groups in total. The van der Waals surface area contributed by atoms with Crippen LogP contribution >= 0.6 is 15.9 Å². The maximum Gasteiger partial charge on any atom is 0.166 e. The maximum atomic E-state index is 13.7. The Morgan fingerprint density at radius 2 is 1.86 bits per heavy atom. The van der Waals surface area contributed by atoms with E-state index < -0.39 is 0 Å². The van der Waals surface area contributed by atoms with E-state index in [1.807, 2.05) is 24.3 Å². The summed E-state index contributed by atoms with van der Waals surface area (Å²) in [4.78, 5) is 0. The highest BCUT2D eigenvalue weighted by Gasteiger charge is 2.05. The summed E-state index contributed by atoms with van der Waals surface area (Å²) >= 11 is 3.22. The van der Waals surface area contributed by atoms with Crippen molar-refractivity contribution in [3.63, 3.8) is 0 Å². The number of benzene rings is 2. The first-order valence-corrected chi connectivity index (χ1v) is 7.76. The molecule has 0 bridgehead atoms. The fourth-order valence-corrected chi connectivity index (χ4v) is 2.20. The predicted octanol–water partition coefficient (Wildman–Crippen LogP) is 5.13. The first-order chi connectivity index (χ1) is 10.0. The summed E-state index contributed by atoms with van der Waals surface area (Å²) in [5, 5.41) is 3.38. The van der Waals surface area contributed by atoms with Gasteiger partial charge in [0.15, 0.2) is 11.6 Å². The van der Waals surface area contributed by atoms with E-state index in [1.165, 1.54) is 11.6 Å². The van der Waals surface area contributed by atoms with Crippen molar-refractivity contribution in [3.8, 4) is 11.5 Å². The van der Waals surface area contributed by atoms with Crippen molar-refractivity contribution in [1.29, 1.82) is 0 Å². The first-order valence-electron chi connectivity index (χ1n) is 6.97. The van der Waals surface area contributed by atoms with E-state index >= 15 is 0 Å². The molecule has 0 amide bonds. The van der Waals surface area contributed by atoms with Gasteiger partial charge in [-0.2, -0.15) is 0 Å². The third-order valence-electron chi connectivity index (χ3n) is 2.93. The molecule has 0 unspecified atom stereocenters. The summed E-state index contributed by atoms with van der Waals surface area (Å²) in [6, 6.07) is 12.4. The minimum atomic E-state index is -0.382. The lowest BCUT2D eigenvalue weighted by molar-refractivity contribution is 0.441. The van der Waals surface area contributed by atoms with E-state index in [1.54, 1.807) is 12.1 Å². The smallest absolute Gasteiger partial charge is 0.166 e. The number of hydrogen-bond donors (Lipinski definition) is 1. The summed E-state index contributed by atoms with van der Waals surface area (Å²) in [5.41, 5.74) is 1.18. The van der Waals surface area contributed by atoms with Crippen molar-refractivity contribution in [2.45, 2.75) is 20.4 Å². The van der Waals surface area contributed by atoms with Gasteiger partial charge in [0, 0.05) is 11.0 Å². The average molecular weight is 352 g/mol. The molecular formula is C17H19BrFNO. The molecule has 0 aliphatic carbocycles. The minimum Gasteiger partial charge on any atom is -0.454 e. The van der Waals surface area contributed by atoms with Gasteiger partial charge in [-0.1, -0.05) is 41.9 Å². The van der Waals surface area contributed by atoms with Gasteiger partial charge in [0.2, 0.25) is 0 Å². The van der Waals surface area contributed by atoms with E-state index in [0.717, 1.165) is 13.1 Å². The second-order valence-corrected chi connectivity index (χ2v) is 6.26. The lowest BCUT2D eigenvalue weighted by Gasteiger charge is -2.09. The quantitative estimate of drug-likeness (QED) is 0.779. The second-order valence-electron chi connectivity index (χ2n) is 5.35. The van der Waals surface area contributed by atoms with Gasteiger partial charge in [0.25, 0.3) is 0 Å². The van der Waals surface area contributed by atoms with E-state index in [0.29, 0.717) is 16.1 Å². The number of halogens is 2. The summed E-state index contributed by atoms with van der Waals surface area (Å²) in [6.07, 6.45) is 0. The van der Waals surface area contributed by atoms with Crippen molar-refractivity contribution >= 4 is 15.9 Å². The zero-order valence-electron chi connectivity index (χ0n) is 12.2. The van der Waals surface area contributed by atoms with E-state index in [4.69, 9.17) is 4.74 Å².